The molecule has 0 spiro atoms. The van der Waals surface area contributed by atoms with Crippen molar-refractivity contribution >= 4 is 56.5 Å². The Morgan fingerprint density at radius 2 is 2.04 bits per heavy atom. The number of carbonyl (C=O) groups excluding carboxylic acids is 2. The van der Waals surface area contributed by atoms with Gasteiger partial charge in [0.2, 0.25) is 0 Å². The molecular formula is C17H15BrIN3O3. The van der Waals surface area contributed by atoms with Crippen LogP contribution in [0, 0.1) is 3.57 Å². The molecule has 8 heteroatoms. The van der Waals surface area contributed by atoms with Gasteiger partial charge in [0.1, 0.15) is 5.75 Å². The summed E-state index contributed by atoms with van der Waals surface area (Å²) >= 11 is 5.43. The number of ether oxygens (including phenoxy) is 1. The van der Waals surface area contributed by atoms with Gasteiger partial charge in [-0.2, -0.15) is 5.10 Å². The molecule has 0 aliphatic rings. The summed E-state index contributed by atoms with van der Waals surface area (Å²) < 4.78 is 6.90. The SMILES string of the molecule is COc1ccc(Br)cc1C=NNC(=O)CNC(=O)c1ccccc1I. The number of nitrogens with one attached hydrogen (secondary N) is 2. The van der Waals surface area contributed by atoms with Crippen molar-refractivity contribution < 1.29 is 14.3 Å². The number of nitrogens with zero attached hydrogens (tertiary/aromatic N) is 1. The van der Waals surface area contributed by atoms with Crippen molar-refractivity contribution in [1.29, 1.82) is 0 Å². The average Bonchev–Trinajstić information content (AvgIpc) is 2.60. The quantitative estimate of drug-likeness (QED) is 0.352. The fraction of sp³-hybridized carbons (Fsp3) is 0.118. The van der Waals surface area contributed by atoms with E-state index in [1.54, 1.807) is 25.3 Å². The first kappa shape index (κ1) is 19.4. The summed E-state index contributed by atoms with van der Waals surface area (Å²) in [6, 6.07) is 12.6. The van der Waals surface area contributed by atoms with Gasteiger partial charge in [0.25, 0.3) is 11.8 Å². The molecule has 0 unspecified atom stereocenters. The molecule has 2 rings (SSSR count). The Labute approximate surface area is 167 Å². The van der Waals surface area contributed by atoms with E-state index < -0.39 is 5.91 Å². The first-order valence-electron chi connectivity index (χ1n) is 7.19. The van der Waals surface area contributed by atoms with Gasteiger partial charge in [0, 0.05) is 13.6 Å². The lowest BCUT2D eigenvalue weighted by Crippen LogP contribution is -2.35. The van der Waals surface area contributed by atoms with Gasteiger partial charge in [-0.15, -0.1) is 0 Å². The van der Waals surface area contributed by atoms with Gasteiger partial charge >= 0.3 is 0 Å². The second-order valence-electron chi connectivity index (χ2n) is 4.84. The van der Waals surface area contributed by atoms with Crippen LogP contribution in [0.3, 0.4) is 0 Å². The Bertz CT molecular complexity index is 811. The van der Waals surface area contributed by atoms with Crippen molar-refractivity contribution in [2.24, 2.45) is 5.10 Å². The average molecular weight is 516 g/mol. The summed E-state index contributed by atoms with van der Waals surface area (Å²) in [7, 11) is 1.56. The molecule has 130 valence electrons. The minimum absolute atomic E-state index is 0.170. The van der Waals surface area contributed by atoms with Crippen molar-refractivity contribution in [1.82, 2.24) is 10.7 Å². The molecule has 0 bridgehead atoms. The highest BCUT2D eigenvalue weighted by molar-refractivity contribution is 14.1. The van der Waals surface area contributed by atoms with Crippen LogP contribution in [0.4, 0.5) is 0 Å². The first-order valence-corrected chi connectivity index (χ1v) is 9.06. The Morgan fingerprint density at radius 3 is 2.76 bits per heavy atom. The number of amides is 2. The van der Waals surface area contributed by atoms with E-state index >= 15 is 0 Å². The van der Waals surface area contributed by atoms with E-state index in [0.29, 0.717) is 16.9 Å². The predicted octanol–water partition coefficient (Wildman–Crippen LogP) is 2.94. The van der Waals surface area contributed by atoms with Gasteiger partial charge in [-0.1, -0.05) is 28.1 Å². The van der Waals surface area contributed by atoms with E-state index in [0.717, 1.165) is 8.04 Å². The molecular weight excluding hydrogens is 501 g/mol. The van der Waals surface area contributed by atoms with Crippen LogP contribution < -0.4 is 15.5 Å². The molecule has 0 aromatic heterocycles. The molecule has 0 fully saturated rings. The van der Waals surface area contributed by atoms with Gasteiger partial charge in [0.15, 0.2) is 0 Å². The summed E-state index contributed by atoms with van der Waals surface area (Å²) in [4.78, 5) is 23.8. The third kappa shape index (κ3) is 5.82. The second kappa shape index (κ2) is 9.52. The predicted molar refractivity (Wildman–Crippen MR) is 108 cm³/mol. The third-order valence-electron chi connectivity index (χ3n) is 3.11. The maximum absolute atomic E-state index is 12.0. The Morgan fingerprint density at radius 1 is 1.28 bits per heavy atom. The van der Waals surface area contributed by atoms with Crippen LogP contribution in [0.25, 0.3) is 0 Å². The van der Waals surface area contributed by atoms with Crippen LogP contribution in [0.1, 0.15) is 15.9 Å². The van der Waals surface area contributed by atoms with Crippen LogP contribution >= 0.6 is 38.5 Å². The van der Waals surface area contributed by atoms with Crippen LogP contribution in [0.15, 0.2) is 52.0 Å². The number of hydrogen-bond donors (Lipinski definition) is 2. The van der Waals surface area contributed by atoms with Gasteiger partial charge in [-0.05, 0) is 52.9 Å². The Kier molecular flexibility index (Phi) is 7.38. The zero-order valence-corrected chi connectivity index (χ0v) is 17.0. The fourth-order valence-electron chi connectivity index (χ4n) is 1.92. The van der Waals surface area contributed by atoms with Crippen molar-refractivity contribution in [2.45, 2.75) is 0 Å². The zero-order chi connectivity index (χ0) is 18.2. The summed E-state index contributed by atoms with van der Waals surface area (Å²) in [5.74, 6) is -0.101. The molecule has 0 saturated carbocycles. The summed E-state index contributed by atoms with van der Waals surface area (Å²) in [5, 5.41) is 6.44. The van der Waals surface area contributed by atoms with Crippen molar-refractivity contribution in [3.05, 3.63) is 61.6 Å². The molecule has 0 radical (unpaired) electrons. The molecule has 2 aromatic carbocycles. The minimum Gasteiger partial charge on any atom is -0.496 e. The molecule has 0 aliphatic carbocycles. The highest BCUT2D eigenvalue weighted by Crippen LogP contribution is 2.21. The van der Waals surface area contributed by atoms with E-state index in [1.165, 1.54) is 6.21 Å². The highest BCUT2D eigenvalue weighted by Gasteiger charge is 2.10. The van der Waals surface area contributed by atoms with Gasteiger partial charge < -0.3 is 10.1 Å². The maximum Gasteiger partial charge on any atom is 0.259 e. The minimum atomic E-state index is -0.426. The number of benzene rings is 2. The monoisotopic (exact) mass is 515 g/mol. The Hall–Kier alpha value is -1.94. The molecule has 2 aromatic rings. The number of hydrazone groups is 1. The van der Waals surface area contributed by atoms with E-state index in [9.17, 15) is 9.59 Å². The zero-order valence-electron chi connectivity index (χ0n) is 13.3. The lowest BCUT2D eigenvalue weighted by atomic mass is 10.2. The number of hydrogen-bond acceptors (Lipinski definition) is 4. The van der Waals surface area contributed by atoms with Crippen LogP contribution in [0.2, 0.25) is 0 Å². The van der Waals surface area contributed by atoms with E-state index in [2.05, 4.69) is 54.4 Å². The largest absolute Gasteiger partial charge is 0.496 e. The van der Waals surface area contributed by atoms with Gasteiger partial charge in [-0.25, -0.2) is 5.43 Å². The van der Waals surface area contributed by atoms with E-state index in [1.807, 2.05) is 24.3 Å². The molecule has 0 atom stereocenters. The molecule has 2 amide bonds. The van der Waals surface area contributed by atoms with Crippen molar-refractivity contribution in [3.8, 4) is 5.75 Å². The van der Waals surface area contributed by atoms with Crippen LogP contribution in [-0.2, 0) is 4.79 Å². The standard InChI is InChI=1S/C17H15BrIN3O3/c1-25-15-7-6-12(18)8-11(15)9-21-22-16(23)10-20-17(24)13-4-2-3-5-14(13)19/h2-9H,10H2,1H3,(H,20,24)(H,22,23). The number of carbonyl (C=O) groups is 2. The third-order valence-corrected chi connectivity index (χ3v) is 4.55. The number of rotatable bonds is 6. The van der Waals surface area contributed by atoms with Crippen LogP contribution in [-0.4, -0.2) is 31.7 Å². The van der Waals surface area contributed by atoms with E-state index in [-0.39, 0.29) is 12.5 Å². The summed E-state index contributed by atoms with van der Waals surface area (Å²) in [6.45, 7) is -0.170. The molecule has 0 aliphatic heterocycles. The topological polar surface area (TPSA) is 79.8 Å². The molecule has 2 N–H and O–H groups in total. The lowest BCUT2D eigenvalue weighted by molar-refractivity contribution is -0.120. The van der Waals surface area contributed by atoms with Crippen LogP contribution in [0.5, 0.6) is 5.75 Å². The van der Waals surface area contributed by atoms with Gasteiger partial charge in [0.05, 0.1) is 25.4 Å². The first-order chi connectivity index (χ1) is 12.0. The Balaban J connectivity index is 1.88. The molecule has 0 saturated heterocycles. The summed E-state index contributed by atoms with van der Waals surface area (Å²) in [6.07, 6.45) is 1.48. The molecule has 0 heterocycles. The van der Waals surface area contributed by atoms with Gasteiger partial charge in [-0.3, -0.25) is 9.59 Å². The number of methoxy groups -OCH3 is 1. The molecule has 25 heavy (non-hydrogen) atoms. The fourth-order valence-corrected chi connectivity index (χ4v) is 2.93. The highest BCUT2D eigenvalue weighted by atomic mass is 127. The van der Waals surface area contributed by atoms with Crippen molar-refractivity contribution in [3.63, 3.8) is 0 Å². The summed E-state index contributed by atoms with van der Waals surface area (Å²) in [5.41, 5.74) is 3.60. The second-order valence-corrected chi connectivity index (χ2v) is 6.92. The molecule has 6 nitrogen and oxygen atoms in total. The maximum atomic E-state index is 12.0. The van der Waals surface area contributed by atoms with Crippen molar-refractivity contribution in [2.75, 3.05) is 13.7 Å². The number of halogens is 2. The lowest BCUT2D eigenvalue weighted by Gasteiger charge is -2.06. The van der Waals surface area contributed by atoms with E-state index in [4.69, 9.17) is 4.74 Å². The smallest absolute Gasteiger partial charge is 0.259 e. The normalized spacial score (nSPS) is 10.5.